The molecule has 0 saturated heterocycles. The van der Waals surface area contributed by atoms with E-state index in [1.165, 1.54) is 7.05 Å². The summed E-state index contributed by atoms with van der Waals surface area (Å²) in [5.41, 5.74) is -0.591. The second kappa shape index (κ2) is 3.69. The first-order valence-corrected chi connectivity index (χ1v) is 4.69. The predicted octanol–water partition coefficient (Wildman–Crippen LogP) is 0.242. The third kappa shape index (κ3) is 1.52. The number of aromatic hydroxyl groups is 1. The molecular weight excluding hydrogens is 208 g/mol. The molecule has 5 nitrogen and oxygen atoms in total. The van der Waals surface area contributed by atoms with Crippen LogP contribution in [0.2, 0.25) is 0 Å². The molecule has 0 saturated carbocycles. The van der Waals surface area contributed by atoms with Gasteiger partial charge in [0, 0.05) is 7.05 Å². The van der Waals surface area contributed by atoms with Crippen molar-refractivity contribution in [1.29, 1.82) is 0 Å². The van der Waals surface area contributed by atoms with E-state index in [0.717, 1.165) is 15.2 Å². The van der Waals surface area contributed by atoms with Crippen molar-refractivity contribution in [2.45, 2.75) is 0 Å². The van der Waals surface area contributed by atoms with Crippen LogP contribution in [0, 0.1) is 0 Å². The summed E-state index contributed by atoms with van der Waals surface area (Å²) in [5.74, 6) is -0.362. The third-order valence-corrected chi connectivity index (χ3v) is 2.30. The lowest BCUT2D eigenvalue weighted by molar-refractivity contribution is 0.425. The topological polar surface area (TPSA) is 64.2 Å². The molecule has 2 rings (SSSR count). The molecule has 0 aliphatic heterocycles. The van der Waals surface area contributed by atoms with Gasteiger partial charge in [0.1, 0.15) is 0 Å². The molecule has 0 bridgehead atoms. The Morgan fingerprint density at radius 2 is 1.75 bits per heavy atom. The average Bonchev–Trinajstić information content (AvgIpc) is 2.28. The second-order valence-corrected chi connectivity index (χ2v) is 3.35. The van der Waals surface area contributed by atoms with Gasteiger partial charge in [-0.1, -0.05) is 18.2 Å². The van der Waals surface area contributed by atoms with Crippen LogP contribution in [0.4, 0.5) is 0 Å². The second-order valence-electron chi connectivity index (χ2n) is 3.35. The van der Waals surface area contributed by atoms with Gasteiger partial charge in [0.15, 0.2) is 0 Å². The molecule has 0 amide bonds. The van der Waals surface area contributed by atoms with E-state index in [1.807, 2.05) is 0 Å². The highest BCUT2D eigenvalue weighted by atomic mass is 16.3. The van der Waals surface area contributed by atoms with E-state index < -0.39 is 11.2 Å². The summed E-state index contributed by atoms with van der Waals surface area (Å²) >= 11 is 0. The Balaban J connectivity index is 2.82. The van der Waals surface area contributed by atoms with Gasteiger partial charge in [-0.2, -0.15) is 0 Å². The Bertz CT molecular complexity index is 626. The molecular formula is C11H10N2O3. The minimum Gasteiger partial charge on any atom is -0.494 e. The zero-order valence-corrected chi connectivity index (χ0v) is 8.62. The lowest BCUT2D eigenvalue weighted by Gasteiger charge is -2.08. The zero-order chi connectivity index (χ0) is 11.7. The number of rotatable bonds is 1. The Morgan fingerprint density at radius 3 is 2.38 bits per heavy atom. The van der Waals surface area contributed by atoms with Crippen molar-refractivity contribution in [3.8, 4) is 11.6 Å². The summed E-state index contributed by atoms with van der Waals surface area (Å²) in [4.78, 5) is 23.0. The van der Waals surface area contributed by atoms with E-state index in [0.29, 0.717) is 5.69 Å². The number of hydrogen-bond donors (Lipinski definition) is 1. The van der Waals surface area contributed by atoms with Crippen LogP contribution in [0.3, 0.4) is 0 Å². The fraction of sp³-hybridized carbons (Fsp3) is 0.0909. The SMILES string of the molecule is Cn1c(=O)cc(O)n(-c2ccccc2)c1=O. The van der Waals surface area contributed by atoms with Crippen molar-refractivity contribution in [2.24, 2.45) is 7.05 Å². The standard InChI is InChI=1S/C11H10N2O3/c1-12-9(14)7-10(15)13(11(12)16)8-5-3-2-4-6-8/h2-7,15H,1H3. The van der Waals surface area contributed by atoms with Crippen LogP contribution in [0.1, 0.15) is 0 Å². The largest absolute Gasteiger partial charge is 0.494 e. The lowest BCUT2D eigenvalue weighted by atomic mass is 10.3. The Labute approximate surface area is 90.8 Å². The molecule has 1 aromatic heterocycles. The van der Waals surface area contributed by atoms with Gasteiger partial charge in [0.2, 0.25) is 5.88 Å². The maximum atomic E-state index is 11.8. The van der Waals surface area contributed by atoms with Crippen LogP contribution in [0.15, 0.2) is 46.0 Å². The van der Waals surface area contributed by atoms with E-state index in [1.54, 1.807) is 30.3 Å². The van der Waals surface area contributed by atoms with Gasteiger partial charge in [0.05, 0.1) is 11.8 Å². The van der Waals surface area contributed by atoms with Crippen molar-refractivity contribution in [2.75, 3.05) is 0 Å². The van der Waals surface area contributed by atoms with Gasteiger partial charge in [0.25, 0.3) is 5.56 Å². The molecule has 82 valence electrons. The predicted molar refractivity (Wildman–Crippen MR) is 58.9 cm³/mol. The first kappa shape index (κ1) is 10.2. The maximum absolute atomic E-state index is 11.8. The van der Waals surface area contributed by atoms with Crippen LogP contribution in [0.25, 0.3) is 5.69 Å². The first-order chi connectivity index (χ1) is 7.61. The fourth-order valence-corrected chi connectivity index (χ4v) is 1.43. The molecule has 1 heterocycles. The smallest absolute Gasteiger partial charge is 0.338 e. The molecule has 0 spiro atoms. The summed E-state index contributed by atoms with van der Waals surface area (Å²) < 4.78 is 2.01. The fourth-order valence-electron chi connectivity index (χ4n) is 1.43. The van der Waals surface area contributed by atoms with Crippen molar-refractivity contribution in [3.63, 3.8) is 0 Å². The van der Waals surface area contributed by atoms with Crippen molar-refractivity contribution in [3.05, 3.63) is 57.2 Å². The monoisotopic (exact) mass is 218 g/mol. The van der Waals surface area contributed by atoms with Gasteiger partial charge in [-0.05, 0) is 12.1 Å². The molecule has 0 fully saturated rings. The van der Waals surface area contributed by atoms with Gasteiger partial charge in [-0.15, -0.1) is 0 Å². The van der Waals surface area contributed by atoms with Crippen LogP contribution in [-0.4, -0.2) is 14.2 Å². The highest BCUT2D eigenvalue weighted by Gasteiger charge is 2.08. The van der Waals surface area contributed by atoms with Crippen molar-refractivity contribution >= 4 is 0 Å². The summed E-state index contributed by atoms with van der Waals surface area (Å²) in [6, 6.07) is 9.64. The molecule has 0 unspecified atom stereocenters. The van der Waals surface area contributed by atoms with E-state index in [4.69, 9.17) is 0 Å². The Hall–Kier alpha value is -2.30. The molecule has 0 aliphatic rings. The maximum Gasteiger partial charge on any atom is 0.338 e. The van der Waals surface area contributed by atoms with Gasteiger partial charge in [-0.3, -0.25) is 9.36 Å². The third-order valence-electron chi connectivity index (χ3n) is 2.30. The van der Waals surface area contributed by atoms with Gasteiger partial charge >= 0.3 is 5.69 Å². The molecule has 1 N–H and O–H groups in total. The number of nitrogens with zero attached hydrogens (tertiary/aromatic N) is 2. The highest BCUT2D eigenvalue weighted by molar-refractivity contribution is 5.34. The minimum absolute atomic E-state index is 0.362. The molecule has 1 aromatic carbocycles. The van der Waals surface area contributed by atoms with Crippen LogP contribution < -0.4 is 11.2 Å². The summed E-state index contributed by atoms with van der Waals surface area (Å²) in [7, 11) is 1.36. The summed E-state index contributed by atoms with van der Waals surface area (Å²) in [6.07, 6.45) is 0. The molecule has 16 heavy (non-hydrogen) atoms. The first-order valence-electron chi connectivity index (χ1n) is 4.69. The number of aromatic nitrogens is 2. The quantitative estimate of drug-likeness (QED) is 0.745. The van der Waals surface area contributed by atoms with Crippen LogP contribution >= 0.6 is 0 Å². The molecule has 0 atom stereocenters. The number of hydrogen-bond acceptors (Lipinski definition) is 3. The number of benzene rings is 1. The summed E-state index contributed by atoms with van der Waals surface area (Å²) in [5, 5.41) is 9.60. The van der Waals surface area contributed by atoms with Crippen molar-refractivity contribution < 1.29 is 5.11 Å². The van der Waals surface area contributed by atoms with E-state index in [-0.39, 0.29) is 5.88 Å². The van der Waals surface area contributed by atoms with Gasteiger partial charge in [-0.25, -0.2) is 9.36 Å². The van der Waals surface area contributed by atoms with Crippen molar-refractivity contribution in [1.82, 2.24) is 9.13 Å². The normalized spacial score (nSPS) is 10.3. The zero-order valence-electron chi connectivity index (χ0n) is 8.62. The highest BCUT2D eigenvalue weighted by Crippen LogP contribution is 2.10. The van der Waals surface area contributed by atoms with E-state index in [2.05, 4.69) is 0 Å². The molecule has 2 aromatic rings. The Morgan fingerprint density at radius 1 is 1.12 bits per heavy atom. The minimum atomic E-state index is -0.573. The number of para-hydroxylation sites is 1. The molecule has 0 aliphatic carbocycles. The van der Waals surface area contributed by atoms with E-state index >= 15 is 0 Å². The average molecular weight is 218 g/mol. The lowest BCUT2D eigenvalue weighted by Crippen LogP contribution is -2.36. The van der Waals surface area contributed by atoms with Gasteiger partial charge < -0.3 is 5.11 Å². The summed E-state index contributed by atoms with van der Waals surface area (Å²) in [6.45, 7) is 0. The van der Waals surface area contributed by atoms with Crippen LogP contribution in [0.5, 0.6) is 5.88 Å². The Kier molecular flexibility index (Phi) is 2.36. The van der Waals surface area contributed by atoms with Crippen LogP contribution in [-0.2, 0) is 7.05 Å². The van der Waals surface area contributed by atoms with E-state index in [9.17, 15) is 14.7 Å². The molecule has 0 radical (unpaired) electrons. The molecule has 5 heteroatoms.